The maximum Gasteiger partial charge on any atom is 0.165 e. The van der Waals surface area contributed by atoms with Gasteiger partial charge in [0.25, 0.3) is 0 Å². The van der Waals surface area contributed by atoms with Crippen molar-refractivity contribution in [3.8, 4) is 5.75 Å². The van der Waals surface area contributed by atoms with Crippen LogP contribution in [0.2, 0.25) is 0 Å². The van der Waals surface area contributed by atoms with Gasteiger partial charge in [0.1, 0.15) is 5.82 Å². The monoisotopic (exact) mass is 263 g/mol. The smallest absolute Gasteiger partial charge is 0.165 e. The molecule has 0 aliphatic rings. The Morgan fingerprint density at radius 1 is 1.11 bits per heavy atom. The van der Waals surface area contributed by atoms with Gasteiger partial charge in [-0.3, -0.25) is 0 Å². The van der Waals surface area contributed by atoms with Crippen LogP contribution >= 0.6 is 0 Å². The predicted octanol–water partition coefficient (Wildman–Crippen LogP) is 3.52. The van der Waals surface area contributed by atoms with Crippen LogP contribution in [0.3, 0.4) is 0 Å². The van der Waals surface area contributed by atoms with Crippen LogP contribution in [-0.4, -0.2) is 5.11 Å². The van der Waals surface area contributed by atoms with E-state index in [4.69, 9.17) is 5.11 Å². The Morgan fingerprint density at radius 2 is 1.79 bits per heavy atom. The number of phenols is 1. The standard InChI is InChI=1S/C15H15F2NO/c1-10(12-3-5-13(16)6-4-12)18-9-11-2-7-15(19)14(17)8-11/h2-8,10,18-19H,9H2,1H3/t10-/m1/s1. The van der Waals surface area contributed by atoms with Crippen molar-refractivity contribution in [3.05, 3.63) is 65.2 Å². The summed E-state index contributed by atoms with van der Waals surface area (Å²) in [5.41, 5.74) is 1.70. The van der Waals surface area contributed by atoms with Crippen LogP contribution in [0.5, 0.6) is 5.75 Å². The van der Waals surface area contributed by atoms with Crippen LogP contribution in [0.4, 0.5) is 8.78 Å². The molecule has 0 spiro atoms. The summed E-state index contributed by atoms with van der Waals surface area (Å²) in [6.45, 7) is 2.42. The van der Waals surface area contributed by atoms with Gasteiger partial charge in [-0.1, -0.05) is 18.2 Å². The minimum atomic E-state index is -0.631. The maximum absolute atomic E-state index is 13.2. The zero-order valence-corrected chi connectivity index (χ0v) is 10.5. The third kappa shape index (κ3) is 3.51. The van der Waals surface area contributed by atoms with E-state index in [0.29, 0.717) is 6.54 Å². The zero-order valence-electron chi connectivity index (χ0n) is 10.5. The van der Waals surface area contributed by atoms with Gasteiger partial charge in [0.15, 0.2) is 11.6 Å². The highest BCUT2D eigenvalue weighted by Crippen LogP contribution is 2.17. The SMILES string of the molecule is C[C@@H](NCc1ccc(O)c(F)c1)c1ccc(F)cc1. The molecule has 0 bridgehead atoms. The lowest BCUT2D eigenvalue weighted by molar-refractivity contribution is 0.431. The van der Waals surface area contributed by atoms with Crippen LogP contribution < -0.4 is 5.32 Å². The van der Waals surface area contributed by atoms with E-state index in [1.165, 1.54) is 24.3 Å². The highest BCUT2D eigenvalue weighted by molar-refractivity contribution is 5.28. The molecule has 0 aliphatic carbocycles. The summed E-state index contributed by atoms with van der Waals surface area (Å²) in [5, 5.41) is 12.3. The van der Waals surface area contributed by atoms with Crippen LogP contribution in [0.15, 0.2) is 42.5 Å². The van der Waals surface area contributed by atoms with E-state index >= 15 is 0 Å². The molecule has 0 amide bonds. The van der Waals surface area contributed by atoms with E-state index < -0.39 is 5.82 Å². The summed E-state index contributed by atoms with van der Waals surface area (Å²) in [6, 6.07) is 10.5. The molecule has 2 nitrogen and oxygen atoms in total. The van der Waals surface area contributed by atoms with Gasteiger partial charge in [-0.2, -0.15) is 0 Å². The lowest BCUT2D eigenvalue weighted by Crippen LogP contribution is -2.18. The molecule has 2 rings (SSSR count). The number of aromatic hydroxyl groups is 1. The second-order valence-corrected chi connectivity index (χ2v) is 4.44. The molecule has 2 aromatic carbocycles. The van der Waals surface area contributed by atoms with E-state index in [2.05, 4.69) is 5.32 Å². The Bertz CT molecular complexity index is 555. The molecule has 0 radical (unpaired) electrons. The Balaban J connectivity index is 1.98. The van der Waals surface area contributed by atoms with E-state index in [9.17, 15) is 8.78 Å². The van der Waals surface area contributed by atoms with Crippen molar-refractivity contribution in [2.45, 2.75) is 19.5 Å². The Kier molecular flexibility index (Phi) is 4.12. The molecule has 0 saturated heterocycles. The molecule has 0 heterocycles. The number of halogens is 2. The fraction of sp³-hybridized carbons (Fsp3) is 0.200. The van der Waals surface area contributed by atoms with Gasteiger partial charge < -0.3 is 10.4 Å². The molecule has 2 N–H and O–H groups in total. The summed E-state index contributed by atoms with van der Waals surface area (Å²) in [6.07, 6.45) is 0. The molecular formula is C15H15F2NO. The Labute approximate surface area is 110 Å². The molecule has 0 saturated carbocycles. The lowest BCUT2D eigenvalue weighted by atomic mass is 10.1. The number of hydrogen-bond acceptors (Lipinski definition) is 2. The predicted molar refractivity (Wildman–Crippen MR) is 69.7 cm³/mol. The molecule has 100 valence electrons. The third-order valence-electron chi connectivity index (χ3n) is 2.99. The quantitative estimate of drug-likeness (QED) is 0.884. The molecule has 4 heteroatoms. The highest BCUT2D eigenvalue weighted by atomic mass is 19.1. The Hall–Kier alpha value is -1.94. The van der Waals surface area contributed by atoms with Crippen LogP contribution in [0.25, 0.3) is 0 Å². The summed E-state index contributed by atoms with van der Waals surface area (Å²) >= 11 is 0. The lowest BCUT2D eigenvalue weighted by Gasteiger charge is -2.14. The molecule has 2 aromatic rings. The van der Waals surface area contributed by atoms with Crippen LogP contribution in [0.1, 0.15) is 24.1 Å². The first-order valence-electron chi connectivity index (χ1n) is 6.02. The maximum atomic E-state index is 13.2. The van der Waals surface area contributed by atoms with E-state index in [1.54, 1.807) is 18.2 Å². The van der Waals surface area contributed by atoms with Crippen molar-refractivity contribution in [2.24, 2.45) is 0 Å². The van der Waals surface area contributed by atoms with Gasteiger partial charge in [-0.05, 0) is 42.3 Å². The van der Waals surface area contributed by atoms with Crippen molar-refractivity contribution in [2.75, 3.05) is 0 Å². The Morgan fingerprint density at radius 3 is 2.42 bits per heavy atom. The fourth-order valence-electron chi connectivity index (χ4n) is 1.80. The second-order valence-electron chi connectivity index (χ2n) is 4.44. The molecule has 1 atom stereocenters. The van der Waals surface area contributed by atoms with Crippen molar-refractivity contribution >= 4 is 0 Å². The third-order valence-corrected chi connectivity index (χ3v) is 2.99. The number of nitrogens with one attached hydrogen (secondary N) is 1. The molecule has 0 fully saturated rings. The number of rotatable bonds is 4. The van der Waals surface area contributed by atoms with Gasteiger partial charge in [0, 0.05) is 12.6 Å². The second kappa shape index (κ2) is 5.80. The first-order valence-corrected chi connectivity index (χ1v) is 6.02. The van der Waals surface area contributed by atoms with Crippen molar-refractivity contribution in [1.29, 1.82) is 0 Å². The topological polar surface area (TPSA) is 32.3 Å². The van der Waals surface area contributed by atoms with Crippen molar-refractivity contribution in [3.63, 3.8) is 0 Å². The fourth-order valence-corrected chi connectivity index (χ4v) is 1.80. The molecule has 19 heavy (non-hydrogen) atoms. The molecule has 0 aliphatic heterocycles. The van der Waals surface area contributed by atoms with E-state index in [0.717, 1.165) is 11.1 Å². The summed E-state index contributed by atoms with van der Waals surface area (Å²) in [5.74, 6) is -1.25. The summed E-state index contributed by atoms with van der Waals surface area (Å²) in [7, 11) is 0. The first kappa shape index (κ1) is 13.5. The van der Waals surface area contributed by atoms with Gasteiger partial charge in [0.2, 0.25) is 0 Å². The van der Waals surface area contributed by atoms with Crippen LogP contribution in [0, 0.1) is 11.6 Å². The van der Waals surface area contributed by atoms with E-state index in [-0.39, 0.29) is 17.6 Å². The normalized spacial score (nSPS) is 12.4. The zero-order chi connectivity index (χ0) is 13.8. The largest absolute Gasteiger partial charge is 0.505 e. The number of phenolic OH excluding ortho intramolecular Hbond substituents is 1. The molecule has 0 unspecified atom stereocenters. The van der Waals surface area contributed by atoms with Gasteiger partial charge in [-0.25, -0.2) is 8.78 Å². The van der Waals surface area contributed by atoms with Crippen molar-refractivity contribution in [1.82, 2.24) is 5.32 Å². The minimum Gasteiger partial charge on any atom is -0.505 e. The van der Waals surface area contributed by atoms with Gasteiger partial charge in [0.05, 0.1) is 0 Å². The number of hydrogen-bond donors (Lipinski definition) is 2. The molecule has 0 aromatic heterocycles. The minimum absolute atomic E-state index is 0.0254. The number of benzene rings is 2. The average molecular weight is 263 g/mol. The highest BCUT2D eigenvalue weighted by Gasteiger charge is 2.06. The summed E-state index contributed by atoms with van der Waals surface area (Å²) in [4.78, 5) is 0. The van der Waals surface area contributed by atoms with Gasteiger partial charge >= 0.3 is 0 Å². The van der Waals surface area contributed by atoms with E-state index in [1.807, 2.05) is 6.92 Å². The van der Waals surface area contributed by atoms with Gasteiger partial charge in [-0.15, -0.1) is 0 Å². The van der Waals surface area contributed by atoms with Crippen molar-refractivity contribution < 1.29 is 13.9 Å². The van der Waals surface area contributed by atoms with Crippen LogP contribution in [-0.2, 0) is 6.54 Å². The summed E-state index contributed by atoms with van der Waals surface area (Å²) < 4.78 is 25.9. The first-order chi connectivity index (χ1) is 9.06. The average Bonchev–Trinajstić information content (AvgIpc) is 2.40. The molecular weight excluding hydrogens is 248 g/mol.